The average Bonchev–Trinajstić information content (AvgIpc) is 3.52. The summed E-state index contributed by atoms with van der Waals surface area (Å²) in [5, 5.41) is 9.49. The molecule has 52 heavy (non-hydrogen) atoms. The highest BCUT2D eigenvalue weighted by atomic mass is 32.2. The molecule has 0 saturated carbocycles. The zero-order chi connectivity index (χ0) is 37.9. The Morgan fingerprint density at radius 2 is 1.48 bits per heavy atom. The summed E-state index contributed by atoms with van der Waals surface area (Å²) >= 11 is 3.71. The van der Waals surface area contributed by atoms with Crippen LogP contribution >= 0.6 is 34.9 Å². The first-order valence-electron chi connectivity index (χ1n) is 15.6. The average molecular weight is 784 g/mol. The van der Waals surface area contributed by atoms with E-state index in [1.54, 1.807) is 13.8 Å². The van der Waals surface area contributed by atoms with Crippen LogP contribution < -0.4 is 16.4 Å². The number of aromatic nitrogens is 1. The van der Waals surface area contributed by atoms with Gasteiger partial charge < -0.3 is 44.9 Å². The maximum atomic E-state index is 13.9. The molecule has 4 amide bonds. The van der Waals surface area contributed by atoms with Gasteiger partial charge in [0.15, 0.2) is 10.8 Å². The monoisotopic (exact) mass is 783 g/mol. The highest BCUT2D eigenvalue weighted by molar-refractivity contribution is 8.00. The van der Waals surface area contributed by atoms with Crippen LogP contribution in [-0.2, 0) is 52.5 Å². The van der Waals surface area contributed by atoms with Crippen LogP contribution in [0, 0.1) is 0 Å². The highest BCUT2D eigenvalue weighted by Gasteiger charge is 2.57. The Morgan fingerprint density at radius 3 is 2.02 bits per heavy atom. The molecule has 5 rings (SSSR count). The van der Waals surface area contributed by atoms with Crippen molar-refractivity contribution in [2.24, 2.45) is 5.16 Å². The predicted octanol–water partition coefficient (Wildman–Crippen LogP) is 0.127. The van der Waals surface area contributed by atoms with Gasteiger partial charge in [0.1, 0.15) is 47.0 Å². The summed E-state index contributed by atoms with van der Waals surface area (Å²) < 4.78 is 25.8. The first-order chi connectivity index (χ1) is 24.8. The Morgan fingerprint density at radius 1 is 0.904 bits per heavy atom. The molecule has 4 aliphatic rings. The fourth-order valence-electron chi connectivity index (χ4n) is 5.64. The molecule has 1 aromatic heterocycles. The van der Waals surface area contributed by atoms with E-state index in [4.69, 9.17) is 34.3 Å². The number of nitrogens with one attached hydrogen (secondary N) is 2. The summed E-state index contributed by atoms with van der Waals surface area (Å²) in [6.07, 6.45) is -2.84. The number of carbonyl (C=O) groups excluding carboxylic acids is 6. The second kappa shape index (κ2) is 16.5. The minimum Gasteiger partial charge on any atom is -0.431 e. The molecule has 4 aliphatic heterocycles. The maximum Gasteiger partial charge on any atom is 0.511 e. The second-order valence-corrected chi connectivity index (χ2v) is 14.8. The standard InChI is InChI=1S/C30H37N7O12S3/c1-12(2)47-30(43)49-13(3)48-28(42)21-15(8-45-5)10-51-27-19(25(41)37(21)27)34-23(39)20-14(7-44-4)9-50-26-18(24(40)36(20)26)33-22(38)17(35-46-6)16-11-52-29(31)32-16/h11-13,18-19,26-27H,7-10H2,1-6H3,(H2,31,32)(H,33,38)(H,34,39)/b35-17-/t13?,18-,19-,26-,27-/m1/s1. The Balaban J connectivity index is 1.29. The molecule has 0 spiro atoms. The van der Waals surface area contributed by atoms with Crippen LogP contribution in [0.2, 0.25) is 0 Å². The van der Waals surface area contributed by atoms with Crippen LogP contribution in [0.4, 0.5) is 9.93 Å². The molecular weight excluding hydrogens is 747 g/mol. The first-order valence-corrected chi connectivity index (χ1v) is 18.6. The lowest BCUT2D eigenvalue weighted by Gasteiger charge is -2.52. The fourth-order valence-corrected chi connectivity index (χ4v) is 8.84. The summed E-state index contributed by atoms with van der Waals surface area (Å²) in [5.74, 6) is -3.02. The van der Waals surface area contributed by atoms with Crippen molar-refractivity contribution in [2.75, 3.05) is 51.8 Å². The number of methoxy groups -OCH3 is 2. The molecule has 4 N–H and O–H groups in total. The number of amides is 4. The van der Waals surface area contributed by atoms with Crippen molar-refractivity contribution >= 4 is 81.5 Å². The third-order valence-electron chi connectivity index (χ3n) is 7.74. The number of nitrogens with zero attached hydrogens (tertiary/aromatic N) is 4. The number of nitrogens with two attached hydrogens (primary N) is 1. The van der Waals surface area contributed by atoms with E-state index in [0.29, 0.717) is 11.1 Å². The number of thioether (sulfide) groups is 2. The number of esters is 1. The molecular formula is C30H37N7O12S3. The van der Waals surface area contributed by atoms with Crippen molar-refractivity contribution in [2.45, 2.75) is 56.0 Å². The van der Waals surface area contributed by atoms with Crippen molar-refractivity contribution < 1.29 is 57.3 Å². The SMILES string of the molecule is COCC1=C(C(=O)N[C@@H]2C(=O)N3C(C(=O)OC(C)OC(=O)OC(C)C)=C(COC)CS[C@H]23)N2C(=O)[C@@H](NC(=O)/C(=N\OC)c3csc(N)n3)[C@H]2SC1. The Hall–Kier alpha value is -4.38. The number of nitrogen functional groups attached to an aromatic ring is 1. The van der Waals surface area contributed by atoms with Crippen LogP contribution in [-0.4, -0.2) is 138 Å². The largest absolute Gasteiger partial charge is 0.511 e. The van der Waals surface area contributed by atoms with E-state index in [1.165, 1.54) is 67.0 Å². The molecule has 2 fully saturated rings. The van der Waals surface area contributed by atoms with Gasteiger partial charge in [-0.05, 0) is 25.0 Å². The number of fused-ring (bicyclic) bond motifs is 2. The molecule has 0 bridgehead atoms. The van der Waals surface area contributed by atoms with Crippen molar-refractivity contribution in [1.82, 2.24) is 25.4 Å². The maximum absolute atomic E-state index is 13.9. The van der Waals surface area contributed by atoms with Gasteiger partial charge in [0.05, 0.1) is 19.3 Å². The topological polar surface area (TPSA) is 240 Å². The lowest BCUT2D eigenvalue weighted by atomic mass is 10.00. The molecule has 5 heterocycles. The number of β-lactam (4-membered cyclic amide) rings is 2. The van der Waals surface area contributed by atoms with E-state index in [-0.39, 0.29) is 52.7 Å². The van der Waals surface area contributed by atoms with Crippen LogP contribution in [0.1, 0.15) is 26.5 Å². The van der Waals surface area contributed by atoms with Gasteiger partial charge in [0.2, 0.25) is 6.29 Å². The van der Waals surface area contributed by atoms with Gasteiger partial charge in [0, 0.05) is 38.0 Å². The number of rotatable bonds is 14. The molecule has 0 aliphatic carbocycles. The Kier molecular flexibility index (Phi) is 12.3. The minimum absolute atomic E-state index is 0.000667. The van der Waals surface area contributed by atoms with E-state index in [9.17, 15) is 28.8 Å². The first kappa shape index (κ1) is 38.8. The van der Waals surface area contributed by atoms with Crippen molar-refractivity contribution in [3.8, 4) is 0 Å². The lowest BCUT2D eigenvalue weighted by Crippen LogP contribution is -2.73. The third kappa shape index (κ3) is 7.84. The number of anilines is 1. The molecule has 5 atom stereocenters. The van der Waals surface area contributed by atoms with Gasteiger partial charge in [-0.2, -0.15) is 0 Å². The van der Waals surface area contributed by atoms with Gasteiger partial charge >= 0.3 is 12.1 Å². The van der Waals surface area contributed by atoms with E-state index in [1.807, 2.05) is 0 Å². The van der Waals surface area contributed by atoms with Gasteiger partial charge in [-0.15, -0.1) is 34.9 Å². The molecule has 0 aromatic carbocycles. The van der Waals surface area contributed by atoms with Crippen LogP contribution in [0.3, 0.4) is 0 Å². The third-order valence-corrected chi connectivity index (χ3v) is 11.1. The second-order valence-electron chi connectivity index (χ2n) is 11.7. The van der Waals surface area contributed by atoms with E-state index < -0.39 is 71.0 Å². The summed E-state index contributed by atoms with van der Waals surface area (Å²) in [4.78, 5) is 90.8. The molecule has 22 heteroatoms. The van der Waals surface area contributed by atoms with Crippen molar-refractivity contribution in [1.29, 1.82) is 0 Å². The molecule has 1 unspecified atom stereocenters. The van der Waals surface area contributed by atoms with Gasteiger partial charge in [-0.25, -0.2) is 14.6 Å². The van der Waals surface area contributed by atoms with Crippen LogP contribution in [0.5, 0.6) is 0 Å². The number of carbonyl (C=O) groups is 6. The van der Waals surface area contributed by atoms with Gasteiger partial charge in [0.25, 0.3) is 23.6 Å². The zero-order valence-electron chi connectivity index (χ0n) is 28.9. The molecule has 19 nitrogen and oxygen atoms in total. The number of hydrogen-bond acceptors (Lipinski definition) is 18. The molecule has 2 saturated heterocycles. The Labute approximate surface area is 309 Å². The fraction of sp³-hybridized carbons (Fsp3) is 0.533. The summed E-state index contributed by atoms with van der Waals surface area (Å²) in [6, 6.07) is -2.10. The highest BCUT2D eigenvalue weighted by Crippen LogP contribution is 2.43. The van der Waals surface area contributed by atoms with Crippen molar-refractivity contribution in [3.63, 3.8) is 0 Å². The van der Waals surface area contributed by atoms with Crippen LogP contribution in [0.15, 0.2) is 33.1 Å². The van der Waals surface area contributed by atoms with E-state index in [2.05, 4.69) is 20.8 Å². The van der Waals surface area contributed by atoms with Gasteiger partial charge in [-0.3, -0.25) is 29.0 Å². The zero-order valence-corrected chi connectivity index (χ0v) is 31.3. The van der Waals surface area contributed by atoms with Crippen LogP contribution in [0.25, 0.3) is 0 Å². The molecule has 282 valence electrons. The summed E-state index contributed by atoms with van der Waals surface area (Å²) in [5.41, 5.74) is 6.55. The van der Waals surface area contributed by atoms with Crippen molar-refractivity contribution in [3.05, 3.63) is 33.6 Å². The number of ether oxygens (including phenoxy) is 5. The van der Waals surface area contributed by atoms with E-state index >= 15 is 0 Å². The minimum atomic E-state index is -1.34. The van der Waals surface area contributed by atoms with Gasteiger partial charge in [-0.1, -0.05) is 5.16 Å². The normalized spacial score (nSPS) is 23.2. The van der Waals surface area contributed by atoms with E-state index in [0.717, 1.165) is 11.3 Å². The predicted molar refractivity (Wildman–Crippen MR) is 186 cm³/mol. The molecule has 0 radical (unpaired) electrons. The molecule has 1 aromatic rings. The number of hydrogen-bond donors (Lipinski definition) is 3. The smallest absolute Gasteiger partial charge is 0.431 e. The lowest BCUT2D eigenvalue weighted by molar-refractivity contribution is -0.169. The summed E-state index contributed by atoms with van der Waals surface area (Å²) in [6.45, 7) is 4.60. The quantitative estimate of drug-likeness (QED) is 0.0747. The summed E-state index contributed by atoms with van der Waals surface area (Å²) in [7, 11) is 4.13. The number of thiazole rings is 1. The Bertz CT molecular complexity index is 1730. The number of oxime groups is 1.